The van der Waals surface area contributed by atoms with E-state index in [1.54, 1.807) is 0 Å². The minimum Gasteiger partial charge on any atom is -0.321 e. The van der Waals surface area contributed by atoms with Crippen LogP contribution in [0.2, 0.25) is 0 Å². The van der Waals surface area contributed by atoms with Crippen molar-refractivity contribution in [2.24, 2.45) is 17.6 Å². The molecule has 0 amide bonds. The van der Waals surface area contributed by atoms with Crippen LogP contribution < -0.4 is 5.73 Å². The maximum Gasteiger partial charge on any atom is 0.0414 e. The molecule has 1 aromatic rings. The van der Waals surface area contributed by atoms with E-state index in [0.29, 0.717) is 5.92 Å². The minimum atomic E-state index is -0.174. The summed E-state index contributed by atoms with van der Waals surface area (Å²) in [5.41, 5.74) is 9.28. The fourth-order valence-corrected chi connectivity index (χ4v) is 3.86. The number of rotatable bonds is 3. The van der Waals surface area contributed by atoms with Crippen LogP contribution in [-0.2, 0) is 5.54 Å². The molecular weight excluding hydrogens is 218 g/mol. The lowest BCUT2D eigenvalue weighted by molar-refractivity contribution is 0.138. The average molecular weight is 245 g/mol. The molecule has 1 aromatic carbocycles. The summed E-state index contributed by atoms with van der Waals surface area (Å²) in [6.45, 7) is 6.75. The highest BCUT2D eigenvalue weighted by Crippen LogP contribution is 2.43. The summed E-state index contributed by atoms with van der Waals surface area (Å²) in [5, 5.41) is 0. The summed E-state index contributed by atoms with van der Waals surface area (Å²) in [5.74, 6) is 1.44. The molecule has 1 aliphatic rings. The van der Waals surface area contributed by atoms with E-state index in [0.717, 1.165) is 5.92 Å². The molecule has 0 saturated heterocycles. The first-order valence-electron chi connectivity index (χ1n) is 7.42. The highest BCUT2D eigenvalue weighted by atomic mass is 14.8. The highest BCUT2D eigenvalue weighted by Gasteiger charge is 2.38. The second-order valence-electron chi connectivity index (χ2n) is 6.16. The molecule has 1 saturated carbocycles. The zero-order chi connectivity index (χ0) is 13.2. The van der Waals surface area contributed by atoms with Crippen molar-refractivity contribution >= 4 is 0 Å². The van der Waals surface area contributed by atoms with Crippen LogP contribution in [0.5, 0.6) is 0 Å². The first-order chi connectivity index (χ1) is 8.57. The van der Waals surface area contributed by atoms with Crippen LogP contribution >= 0.6 is 0 Å². The summed E-state index contributed by atoms with van der Waals surface area (Å²) in [7, 11) is 0. The molecule has 2 rings (SSSR count). The SMILES string of the molecule is CCC1CCCCC1C(C)(N)c1ccccc1C. The Morgan fingerprint density at radius 2 is 1.89 bits per heavy atom. The molecule has 18 heavy (non-hydrogen) atoms. The Morgan fingerprint density at radius 3 is 2.56 bits per heavy atom. The zero-order valence-corrected chi connectivity index (χ0v) is 12.1. The van der Waals surface area contributed by atoms with Crippen molar-refractivity contribution in [2.75, 3.05) is 0 Å². The Kier molecular flexibility index (Phi) is 4.11. The summed E-state index contributed by atoms with van der Waals surface area (Å²) in [6, 6.07) is 8.63. The first-order valence-corrected chi connectivity index (χ1v) is 7.42. The Balaban J connectivity index is 2.31. The van der Waals surface area contributed by atoms with E-state index < -0.39 is 0 Å². The van der Waals surface area contributed by atoms with Crippen LogP contribution in [0.4, 0.5) is 0 Å². The molecule has 0 aromatic heterocycles. The van der Waals surface area contributed by atoms with Crippen molar-refractivity contribution in [1.29, 1.82) is 0 Å². The van der Waals surface area contributed by atoms with Gasteiger partial charge < -0.3 is 5.73 Å². The number of nitrogens with two attached hydrogens (primary N) is 1. The van der Waals surface area contributed by atoms with Gasteiger partial charge in [0.05, 0.1) is 0 Å². The van der Waals surface area contributed by atoms with Crippen LogP contribution in [0, 0.1) is 18.8 Å². The van der Waals surface area contributed by atoms with Gasteiger partial charge in [0.2, 0.25) is 0 Å². The second kappa shape index (κ2) is 5.44. The van der Waals surface area contributed by atoms with Crippen LogP contribution in [0.15, 0.2) is 24.3 Å². The van der Waals surface area contributed by atoms with Gasteiger partial charge in [0, 0.05) is 5.54 Å². The molecule has 1 aliphatic carbocycles. The third kappa shape index (κ3) is 2.47. The van der Waals surface area contributed by atoms with E-state index >= 15 is 0 Å². The van der Waals surface area contributed by atoms with Gasteiger partial charge in [0.25, 0.3) is 0 Å². The van der Waals surface area contributed by atoms with Gasteiger partial charge in [-0.15, -0.1) is 0 Å². The molecule has 3 unspecified atom stereocenters. The summed E-state index contributed by atoms with van der Waals surface area (Å²) in [4.78, 5) is 0. The molecule has 0 bridgehead atoms. The molecular formula is C17H27N. The van der Waals surface area contributed by atoms with E-state index in [9.17, 15) is 0 Å². The van der Waals surface area contributed by atoms with Crippen molar-refractivity contribution in [3.05, 3.63) is 35.4 Å². The van der Waals surface area contributed by atoms with Gasteiger partial charge in [-0.25, -0.2) is 0 Å². The van der Waals surface area contributed by atoms with Crippen molar-refractivity contribution in [3.8, 4) is 0 Å². The van der Waals surface area contributed by atoms with E-state index in [1.165, 1.54) is 43.2 Å². The Morgan fingerprint density at radius 1 is 1.22 bits per heavy atom. The van der Waals surface area contributed by atoms with E-state index in [1.807, 2.05) is 0 Å². The fraction of sp³-hybridized carbons (Fsp3) is 0.647. The Hall–Kier alpha value is -0.820. The van der Waals surface area contributed by atoms with Crippen molar-refractivity contribution in [1.82, 2.24) is 0 Å². The van der Waals surface area contributed by atoms with Gasteiger partial charge in [-0.05, 0) is 43.2 Å². The lowest BCUT2D eigenvalue weighted by Gasteiger charge is -2.43. The van der Waals surface area contributed by atoms with Crippen LogP contribution in [0.3, 0.4) is 0 Å². The van der Waals surface area contributed by atoms with Crippen LogP contribution in [0.1, 0.15) is 57.1 Å². The molecule has 0 spiro atoms. The Bertz CT molecular complexity index is 394. The average Bonchev–Trinajstić information content (AvgIpc) is 2.39. The molecule has 3 atom stereocenters. The monoisotopic (exact) mass is 245 g/mol. The molecule has 1 fully saturated rings. The van der Waals surface area contributed by atoms with Gasteiger partial charge in [-0.2, -0.15) is 0 Å². The van der Waals surface area contributed by atoms with Gasteiger partial charge in [0.15, 0.2) is 0 Å². The predicted octanol–water partition coefficient (Wildman–Crippen LogP) is 4.39. The molecule has 100 valence electrons. The topological polar surface area (TPSA) is 26.0 Å². The lowest BCUT2D eigenvalue weighted by Crippen LogP contribution is -2.46. The maximum absolute atomic E-state index is 6.78. The lowest BCUT2D eigenvalue weighted by atomic mass is 9.65. The minimum absolute atomic E-state index is 0.174. The van der Waals surface area contributed by atoms with Gasteiger partial charge in [0.1, 0.15) is 0 Å². The third-order valence-corrected chi connectivity index (χ3v) is 4.93. The standard InChI is InChI=1S/C17H27N/c1-4-14-10-6-8-12-16(14)17(3,18)15-11-7-5-9-13(15)2/h5,7,9,11,14,16H,4,6,8,10,12,18H2,1-3H3. The maximum atomic E-state index is 6.78. The highest BCUT2D eigenvalue weighted by molar-refractivity contribution is 5.32. The molecule has 1 heteroatoms. The molecule has 2 N–H and O–H groups in total. The van der Waals surface area contributed by atoms with Crippen molar-refractivity contribution < 1.29 is 0 Å². The number of hydrogen-bond acceptors (Lipinski definition) is 1. The number of benzene rings is 1. The second-order valence-corrected chi connectivity index (χ2v) is 6.16. The fourth-order valence-electron chi connectivity index (χ4n) is 3.86. The number of aryl methyl sites for hydroxylation is 1. The molecule has 0 aliphatic heterocycles. The molecule has 1 nitrogen and oxygen atoms in total. The molecule has 0 radical (unpaired) electrons. The largest absolute Gasteiger partial charge is 0.321 e. The van der Waals surface area contributed by atoms with Crippen molar-refractivity contribution in [2.45, 2.75) is 58.4 Å². The summed E-state index contributed by atoms with van der Waals surface area (Å²) >= 11 is 0. The predicted molar refractivity (Wildman–Crippen MR) is 78.5 cm³/mol. The van der Waals surface area contributed by atoms with Gasteiger partial charge >= 0.3 is 0 Å². The Labute approximate surface area is 112 Å². The third-order valence-electron chi connectivity index (χ3n) is 4.93. The van der Waals surface area contributed by atoms with Gasteiger partial charge in [-0.3, -0.25) is 0 Å². The van der Waals surface area contributed by atoms with E-state index in [4.69, 9.17) is 5.73 Å². The normalized spacial score (nSPS) is 27.8. The van der Waals surface area contributed by atoms with E-state index in [-0.39, 0.29) is 5.54 Å². The first kappa shape index (κ1) is 13.6. The molecule has 0 heterocycles. The quantitative estimate of drug-likeness (QED) is 0.840. The van der Waals surface area contributed by atoms with Gasteiger partial charge in [-0.1, -0.05) is 56.9 Å². The van der Waals surface area contributed by atoms with E-state index in [2.05, 4.69) is 45.0 Å². The van der Waals surface area contributed by atoms with Crippen LogP contribution in [0.25, 0.3) is 0 Å². The smallest absolute Gasteiger partial charge is 0.0414 e. The summed E-state index contributed by atoms with van der Waals surface area (Å²) < 4.78 is 0. The summed E-state index contributed by atoms with van der Waals surface area (Å²) in [6.07, 6.45) is 6.65. The zero-order valence-electron chi connectivity index (χ0n) is 12.1. The van der Waals surface area contributed by atoms with Crippen molar-refractivity contribution in [3.63, 3.8) is 0 Å². The van der Waals surface area contributed by atoms with Crippen LogP contribution in [-0.4, -0.2) is 0 Å². The number of hydrogen-bond donors (Lipinski definition) is 1.